The molecule has 3 heterocycles. The molecule has 1 atom stereocenters. The summed E-state index contributed by atoms with van der Waals surface area (Å²) >= 11 is 0. The molecule has 0 saturated carbocycles. The van der Waals surface area contributed by atoms with Crippen molar-refractivity contribution in [3.8, 4) is 11.4 Å². The first-order valence-electron chi connectivity index (χ1n) is 11.0. The van der Waals surface area contributed by atoms with Gasteiger partial charge in [-0.3, -0.25) is 4.79 Å². The number of aryl methyl sites for hydroxylation is 1. The van der Waals surface area contributed by atoms with Crippen molar-refractivity contribution in [1.29, 1.82) is 0 Å². The molecule has 0 radical (unpaired) electrons. The first kappa shape index (κ1) is 22.0. The summed E-state index contributed by atoms with van der Waals surface area (Å²) in [5.74, 6) is 0.837. The first-order valence-corrected chi connectivity index (χ1v) is 11.0. The van der Waals surface area contributed by atoms with Gasteiger partial charge in [0.2, 0.25) is 0 Å². The van der Waals surface area contributed by atoms with Crippen molar-refractivity contribution in [2.24, 2.45) is 0 Å². The fourth-order valence-corrected chi connectivity index (χ4v) is 4.01. The summed E-state index contributed by atoms with van der Waals surface area (Å²) < 4.78 is 14.1. The van der Waals surface area contributed by atoms with E-state index in [0.29, 0.717) is 36.5 Å². The molecule has 32 heavy (non-hydrogen) atoms. The molecule has 7 nitrogen and oxygen atoms in total. The van der Waals surface area contributed by atoms with Crippen molar-refractivity contribution in [1.82, 2.24) is 15.0 Å². The van der Waals surface area contributed by atoms with Crippen molar-refractivity contribution < 1.29 is 9.50 Å². The van der Waals surface area contributed by atoms with Crippen LogP contribution in [0.3, 0.4) is 0 Å². The van der Waals surface area contributed by atoms with Crippen molar-refractivity contribution in [3.05, 3.63) is 70.0 Å². The molecule has 0 bridgehead atoms. The standard InChI is InChI=1S/C24H28FN5O2/c1-3-18-13-23(32)29-24(28-18)16-4-7-22(26-14-16)27-15(2)20-12-17(25)5-6-21(20)30-10-8-19(31)9-11-30/h4-7,12-15,19,31H,3,8-11H2,1-2H3,(H,26,27)(H,28,29,32). The van der Waals surface area contributed by atoms with Crippen LogP contribution < -0.4 is 15.8 Å². The second-order valence-electron chi connectivity index (χ2n) is 8.16. The lowest BCUT2D eigenvalue weighted by molar-refractivity contribution is 0.145. The Hall–Kier alpha value is -3.26. The molecule has 1 aromatic carbocycles. The first-order chi connectivity index (χ1) is 15.4. The van der Waals surface area contributed by atoms with Gasteiger partial charge in [-0.2, -0.15) is 0 Å². The number of benzene rings is 1. The minimum atomic E-state index is -0.288. The maximum atomic E-state index is 14.1. The van der Waals surface area contributed by atoms with Crippen LogP contribution in [0.15, 0.2) is 47.4 Å². The van der Waals surface area contributed by atoms with E-state index in [4.69, 9.17) is 0 Å². The number of nitrogens with zero attached hydrogens (tertiary/aromatic N) is 3. The maximum absolute atomic E-state index is 14.1. The van der Waals surface area contributed by atoms with Gasteiger partial charge in [-0.25, -0.2) is 14.4 Å². The summed E-state index contributed by atoms with van der Waals surface area (Å²) in [6.07, 6.45) is 3.48. The van der Waals surface area contributed by atoms with Gasteiger partial charge in [-0.1, -0.05) is 6.92 Å². The van der Waals surface area contributed by atoms with Gasteiger partial charge < -0.3 is 20.3 Å². The van der Waals surface area contributed by atoms with E-state index in [1.54, 1.807) is 18.3 Å². The smallest absolute Gasteiger partial charge is 0.251 e. The number of hydrogen-bond acceptors (Lipinski definition) is 6. The third-order valence-electron chi connectivity index (χ3n) is 5.82. The average molecular weight is 438 g/mol. The van der Waals surface area contributed by atoms with Crippen molar-refractivity contribution in [2.45, 2.75) is 45.3 Å². The number of rotatable bonds is 6. The Bertz CT molecular complexity index is 1120. The molecule has 4 rings (SSSR count). The Morgan fingerprint density at radius 1 is 1.25 bits per heavy atom. The molecule has 1 fully saturated rings. The highest BCUT2D eigenvalue weighted by molar-refractivity contribution is 5.59. The summed E-state index contributed by atoms with van der Waals surface area (Å²) in [7, 11) is 0. The molecule has 1 unspecified atom stereocenters. The molecule has 0 spiro atoms. The van der Waals surface area contributed by atoms with E-state index >= 15 is 0 Å². The van der Waals surface area contributed by atoms with Crippen molar-refractivity contribution in [3.63, 3.8) is 0 Å². The van der Waals surface area contributed by atoms with Gasteiger partial charge in [-0.05, 0) is 56.5 Å². The number of aliphatic hydroxyl groups excluding tert-OH is 1. The second kappa shape index (κ2) is 9.48. The molecule has 3 N–H and O–H groups in total. The van der Waals surface area contributed by atoms with Gasteiger partial charge in [-0.15, -0.1) is 0 Å². The van der Waals surface area contributed by atoms with E-state index in [0.717, 1.165) is 30.0 Å². The zero-order valence-electron chi connectivity index (χ0n) is 18.3. The molecule has 2 aromatic heterocycles. The van der Waals surface area contributed by atoms with E-state index in [9.17, 15) is 14.3 Å². The maximum Gasteiger partial charge on any atom is 0.251 e. The number of halogens is 1. The molecular weight excluding hydrogens is 409 g/mol. The summed E-state index contributed by atoms with van der Waals surface area (Å²) in [6, 6.07) is 9.80. The van der Waals surface area contributed by atoms with Gasteiger partial charge in [0.25, 0.3) is 5.56 Å². The number of hydrogen-bond donors (Lipinski definition) is 3. The minimum absolute atomic E-state index is 0.188. The molecule has 0 aliphatic carbocycles. The molecule has 1 saturated heterocycles. The fourth-order valence-electron chi connectivity index (χ4n) is 4.01. The van der Waals surface area contributed by atoms with Gasteiger partial charge in [0, 0.05) is 47.9 Å². The Morgan fingerprint density at radius 2 is 2.03 bits per heavy atom. The Labute approximate surface area is 186 Å². The Morgan fingerprint density at radius 3 is 2.72 bits per heavy atom. The molecule has 1 aliphatic rings. The molecule has 1 aliphatic heterocycles. The molecule has 3 aromatic rings. The lowest BCUT2D eigenvalue weighted by Gasteiger charge is -2.34. The monoisotopic (exact) mass is 437 g/mol. The van der Waals surface area contributed by atoms with E-state index in [-0.39, 0.29) is 23.5 Å². The highest BCUT2D eigenvalue weighted by Crippen LogP contribution is 2.31. The van der Waals surface area contributed by atoms with Gasteiger partial charge in [0.1, 0.15) is 17.5 Å². The zero-order chi connectivity index (χ0) is 22.7. The highest BCUT2D eigenvalue weighted by Gasteiger charge is 2.22. The largest absolute Gasteiger partial charge is 0.393 e. The van der Waals surface area contributed by atoms with Crippen LogP contribution in [0.25, 0.3) is 11.4 Å². The Kier molecular flexibility index (Phi) is 6.50. The number of aliphatic hydroxyl groups is 1. The predicted octanol–water partition coefficient (Wildman–Crippen LogP) is 3.67. The van der Waals surface area contributed by atoms with E-state index in [1.165, 1.54) is 12.1 Å². The third kappa shape index (κ3) is 4.96. The normalized spacial score (nSPS) is 15.6. The molecule has 168 valence electrons. The van der Waals surface area contributed by atoms with Crippen LogP contribution in [0.2, 0.25) is 0 Å². The molecule has 8 heteroatoms. The van der Waals surface area contributed by atoms with Crippen LogP contribution in [-0.2, 0) is 6.42 Å². The zero-order valence-corrected chi connectivity index (χ0v) is 18.3. The van der Waals surface area contributed by atoms with Crippen LogP contribution in [-0.4, -0.2) is 39.3 Å². The lowest BCUT2D eigenvalue weighted by Crippen LogP contribution is -2.36. The number of aromatic amines is 1. The number of piperidine rings is 1. The Balaban J connectivity index is 1.53. The summed E-state index contributed by atoms with van der Waals surface area (Å²) in [4.78, 5) is 25.7. The van der Waals surface area contributed by atoms with Crippen LogP contribution >= 0.6 is 0 Å². The minimum Gasteiger partial charge on any atom is -0.393 e. The summed E-state index contributed by atoms with van der Waals surface area (Å²) in [5.41, 5.74) is 3.06. The number of pyridine rings is 1. The fraction of sp³-hybridized carbons (Fsp3) is 0.375. The number of nitrogens with one attached hydrogen (secondary N) is 2. The van der Waals surface area contributed by atoms with Gasteiger partial charge in [0.15, 0.2) is 0 Å². The summed E-state index contributed by atoms with van der Waals surface area (Å²) in [6.45, 7) is 5.39. The van der Waals surface area contributed by atoms with E-state index in [2.05, 4.69) is 25.2 Å². The third-order valence-corrected chi connectivity index (χ3v) is 5.82. The quantitative estimate of drug-likeness (QED) is 0.545. The number of H-pyrrole nitrogens is 1. The van der Waals surface area contributed by atoms with Crippen LogP contribution in [0, 0.1) is 5.82 Å². The summed E-state index contributed by atoms with van der Waals surface area (Å²) in [5, 5.41) is 13.1. The predicted molar refractivity (Wildman–Crippen MR) is 123 cm³/mol. The molecular formula is C24H28FN5O2. The second-order valence-corrected chi connectivity index (χ2v) is 8.16. The number of aromatic nitrogens is 3. The van der Waals surface area contributed by atoms with Crippen LogP contribution in [0.4, 0.5) is 15.9 Å². The van der Waals surface area contributed by atoms with E-state index < -0.39 is 0 Å². The van der Waals surface area contributed by atoms with E-state index in [1.807, 2.05) is 26.0 Å². The topological polar surface area (TPSA) is 94.1 Å². The average Bonchev–Trinajstić information content (AvgIpc) is 2.79. The lowest BCUT2D eigenvalue weighted by atomic mass is 10.0. The number of anilines is 2. The van der Waals surface area contributed by atoms with Gasteiger partial charge in [0.05, 0.1) is 12.1 Å². The van der Waals surface area contributed by atoms with Crippen molar-refractivity contribution in [2.75, 3.05) is 23.3 Å². The highest BCUT2D eigenvalue weighted by atomic mass is 19.1. The van der Waals surface area contributed by atoms with Crippen LogP contribution in [0.1, 0.15) is 44.0 Å². The van der Waals surface area contributed by atoms with Gasteiger partial charge >= 0.3 is 0 Å². The van der Waals surface area contributed by atoms with Crippen LogP contribution in [0.5, 0.6) is 0 Å². The molecule has 0 amide bonds. The SMILES string of the molecule is CCc1cc(=O)[nH]c(-c2ccc(NC(C)c3cc(F)ccc3N3CCC(O)CC3)nc2)n1. The van der Waals surface area contributed by atoms with Crippen molar-refractivity contribution >= 4 is 11.5 Å².